The van der Waals surface area contributed by atoms with Gasteiger partial charge in [-0.3, -0.25) is 9.59 Å². The molecule has 0 aliphatic rings. The fourth-order valence-corrected chi connectivity index (χ4v) is 2.75. The van der Waals surface area contributed by atoms with E-state index in [4.69, 9.17) is 16.3 Å². The predicted octanol–water partition coefficient (Wildman–Crippen LogP) is 4.42. The Morgan fingerprint density at radius 2 is 1.90 bits per heavy atom. The third-order valence-electron chi connectivity index (χ3n) is 4.36. The molecule has 0 fully saturated rings. The summed E-state index contributed by atoms with van der Waals surface area (Å²) in [6.45, 7) is 6.48. The molecule has 0 saturated heterocycles. The van der Waals surface area contributed by atoms with Gasteiger partial charge in [-0.2, -0.15) is 5.10 Å². The SMILES string of the molecule is CCCCOc1cccc(/C=N/NC(=O)C(NC(=O)c2ccc(Cl)cc2)C(C)C)c1. The molecule has 2 amide bonds. The van der Waals surface area contributed by atoms with Crippen LogP contribution in [0.2, 0.25) is 5.02 Å². The summed E-state index contributed by atoms with van der Waals surface area (Å²) in [5, 5.41) is 7.32. The van der Waals surface area contributed by atoms with Crippen LogP contribution in [-0.4, -0.2) is 30.7 Å². The Kier molecular flexibility index (Phi) is 9.35. The summed E-state index contributed by atoms with van der Waals surface area (Å²) in [5.41, 5.74) is 3.74. The lowest BCUT2D eigenvalue weighted by atomic mass is 10.0. The number of nitrogens with one attached hydrogen (secondary N) is 2. The van der Waals surface area contributed by atoms with Crippen molar-refractivity contribution in [3.63, 3.8) is 0 Å². The number of halogens is 1. The van der Waals surface area contributed by atoms with Crippen molar-refractivity contribution in [3.8, 4) is 5.75 Å². The van der Waals surface area contributed by atoms with Crippen LogP contribution in [0, 0.1) is 5.92 Å². The molecule has 0 radical (unpaired) electrons. The molecule has 0 spiro atoms. The smallest absolute Gasteiger partial charge is 0.262 e. The minimum absolute atomic E-state index is 0.119. The van der Waals surface area contributed by atoms with Crippen molar-refractivity contribution in [2.24, 2.45) is 11.0 Å². The molecule has 2 N–H and O–H groups in total. The molecule has 0 heterocycles. The molecule has 2 aromatic rings. The fourth-order valence-electron chi connectivity index (χ4n) is 2.62. The van der Waals surface area contributed by atoms with E-state index in [1.807, 2.05) is 38.1 Å². The number of hydrogen-bond acceptors (Lipinski definition) is 4. The first-order valence-corrected chi connectivity index (χ1v) is 10.4. The Labute approximate surface area is 182 Å². The Morgan fingerprint density at radius 1 is 1.17 bits per heavy atom. The highest BCUT2D eigenvalue weighted by Gasteiger charge is 2.24. The van der Waals surface area contributed by atoms with Crippen LogP contribution in [0.5, 0.6) is 5.75 Å². The van der Waals surface area contributed by atoms with Gasteiger partial charge in [-0.25, -0.2) is 5.43 Å². The topological polar surface area (TPSA) is 79.8 Å². The highest BCUT2D eigenvalue weighted by Crippen LogP contribution is 2.13. The molecule has 2 aromatic carbocycles. The lowest BCUT2D eigenvalue weighted by Crippen LogP contribution is -2.48. The molecular formula is C23H28ClN3O3. The van der Waals surface area contributed by atoms with Gasteiger partial charge < -0.3 is 10.1 Å². The Bertz CT molecular complexity index is 866. The number of rotatable bonds is 10. The maximum absolute atomic E-state index is 12.6. The largest absolute Gasteiger partial charge is 0.494 e. The van der Waals surface area contributed by atoms with E-state index in [1.54, 1.807) is 30.5 Å². The zero-order valence-electron chi connectivity index (χ0n) is 17.5. The van der Waals surface area contributed by atoms with Crippen molar-refractivity contribution in [1.82, 2.24) is 10.7 Å². The average Bonchev–Trinajstić information content (AvgIpc) is 2.72. The molecule has 160 valence electrons. The fraction of sp³-hybridized carbons (Fsp3) is 0.348. The van der Waals surface area contributed by atoms with Crippen molar-refractivity contribution in [3.05, 3.63) is 64.7 Å². The molecule has 0 bridgehead atoms. The summed E-state index contributed by atoms with van der Waals surface area (Å²) in [4.78, 5) is 25.0. The first-order valence-electron chi connectivity index (χ1n) is 10.0. The third kappa shape index (κ3) is 7.52. The third-order valence-corrected chi connectivity index (χ3v) is 4.61. The maximum atomic E-state index is 12.6. The molecule has 1 unspecified atom stereocenters. The molecular weight excluding hydrogens is 402 g/mol. The summed E-state index contributed by atoms with van der Waals surface area (Å²) in [5.74, 6) is -0.0962. The first kappa shape index (κ1) is 23.4. The number of ether oxygens (including phenoxy) is 1. The lowest BCUT2D eigenvalue weighted by Gasteiger charge is -2.20. The quantitative estimate of drug-likeness (QED) is 0.333. The van der Waals surface area contributed by atoms with Gasteiger partial charge in [-0.05, 0) is 54.3 Å². The number of nitrogens with zero attached hydrogens (tertiary/aromatic N) is 1. The summed E-state index contributed by atoms with van der Waals surface area (Å²) >= 11 is 5.85. The number of hydrogen-bond donors (Lipinski definition) is 2. The van der Waals surface area contributed by atoms with E-state index in [1.165, 1.54) is 0 Å². The van der Waals surface area contributed by atoms with E-state index in [2.05, 4.69) is 22.8 Å². The first-order chi connectivity index (χ1) is 14.4. The minimum atomic E-state index is -0.728. The number of benzene rings is 2. The van der Waals surface area contributed by atoms with Crippen molar-refractivity contribution >= 4 is 29.6 Å². The highest BCUT2D eigenvalue weighted by atomic mass is 35.5. The number of unbranched alkanes of at least 4 members (excludes halogenated alkanes) is 1. The minimum Gasteiger partial charge on any atom is -0.494 e. The van der Waals surface area contributed by atoms with E-state index >= 15 is 0 Å². The second-order valence-electron chi connectivity index (χ2n) is 7.21. The summed E-state index contributed by atoms with van der Waals surface area (Å²) in [7, 11) is 0. The number of carbonyl (C=O) groups is 2. The van der Waals surface area contributed by atoms with E-state index < -0.39 is 6.04 Å². The lowest BCUT2D eigenvalue weighted by molar-refractivity contribution is -0.123. The van der Waals surface area contributed by atoms with Crippen LogP contribution in [0.3, 0.4) is 0 Å². The Morgan fingerprint density at radius 3 is 2.57 bits per heavy atom. The molecule has 2 rings (SSSR count). The van der Waals surface area contributed by atoms with Crippen LogP contribution in [0.25, 0.3) is 0 Å². The van der Waals surface area contributed by atoms with Crippen LogP contribution in [0.4, 0.5) is 0 Å². The van der Waals surface area contributed by atoms with Gasteiger partial charge in [0.1, 0.15) is 11.8 Å². The van der Waals surface area contributed by atoms with E-state index in [-0.39, 0.29) is 17.7 Å². The van der Waals surface area contributed by atoms with E-state index in [9.17, 15) is 9.59 Å². The normalized spacial score (nSPS) is 12.0. The summed E-state index contributed by atoms with van der Waals surface area (Å²) in [6, 6.07) is 13.2. The van der Waals surface area contributed by atoms with Crippen LogP contribution in [0.15, 0.2) is 53.6 Å². The summed E-state index contributed by atoms with van der Waals surface area (Å²) in [6.07, 6.45) is 3.61. The molecule has 0 aliphatic heterocycles. The van der Waals surface area contributed by atoms with Gasteiger partial charge in [0.15, 0.2) is 0 Å². The van der Waals surface area contributed by atoms with Crippen molar-refractivity contribution in [2.45, 2.75) is 39.7 Å². The van der Waals surface area contributed by atoms with Gasteiger partial charge >= 0.3 is 0 Å². The van der Waals surface area contributed by atoms with Crippen molar-refractivity contribution in [1.29, 1.82) is 0 Å². The molecule has 1 atom stereocenters. The van der Waals surface area contributed by atoms with E-state index in [0.717, 1.165) is 24.2 Å². The number of carbonyl (C=O) groups excluding carboxylic acids is 2. The van der Waals surface area contributed by atoms with Gasteiger partial charge in [0.25, 0.3) is 11.8 Å². The zero-order chi connectivity index (χ0) is 21.9. The van der Waals surface area contributed by atoms with Crippen LogP contribution in [-0.2, 0) is 4.79 Å². The predicted molar refractivity (Wildman–Crippen MR) is 120 cm³/mol. The van der Waals surface area contributed by atoms with Gasteiger partial charge in [-0.1, -0.05) is 50.9 Å². The molecule has 0 aromatic heterocycles. The molecule has 30 heavy (non-hydrogen) atoms. The maximum Gasteiger partial charge on any atom is 0.262 e. The molecule has 0 saturated carbocycles. The van der Waals surface area contributed by atoms with Crippen LogP contribution >= 0.6 is 11.6 Å². The zero-order valence-corrected chi connectivity index (χ0v) is 18.3. The highest BCUT2D eigenvalue weighted by molar-refractivity contribution is 6.30. The van der Waals surface area contributed by atoms with Crippen molar-refractivity contribution < 1.29 is 14.3 Å². The standard InChI is InChI=1S/C23H28ClN3O3/c1-4-5-13-30-20-8-6-7-17(14-20)15-25-27-23(29)21(16(2)3)26-22(28)18-9-11-19(24)12-10-18/h6-12,14-16,21H,4-5,13H2,1-3H3,(H,26,28)(H,27,29)/b25-15+. The van der Waals surface area contributed by atoms with E-state index in [0.29, 0.717) is 17.2 Å². The second-order valence-corrected chi connectivity index (χ2v) is 7.65. The Hall–Kier alpha value is -2.86. The van der Waals surface area contributed by atoms with Gasteiger partial charge in [0, 0.05) is 10.6 Å². The monoisotopic (exact) mass is 429 g/mol. The second kappa shape index (κ2) is 12.0. The molecule has 6 nitrogen and oxygen atoms in total. The number of hydrazone groups is 1. The summed E-state index contributed by atoms with van der Waals surface area (Å²) < 4.78 is 5.67. The van der Waals surface area contributed by atoms with Crippen LogP contribution < -0.4 is 15.5 Å². The van der Waals surface area contributed by atoms with Gasteiger partial charge in [-0.15, -0.1) is 0 Å². The molecule has 0 aliphatic carbocycles. The van der Waals surface area contributed by atoms with Gasteiger partial charge in [0.05, 0.1) is 12.8 Å². The average molecular weight is 430 g/mol. The Balaban J connectivity index is 1.95. The van der Waals surface area contributed by atoms with Crippen LogP contribution in [0.1, 0.15) is 49.5 Å². The van der Waals surface area contributed by atoms with Crippen molar-refractivity contribution in [2.75, 3.05) is 6.61 Å². The molecule has 7 heteroatoms. The van der Waals surface area contributed by atoms with Gasteiger partial charge in [0.2, 0.25) is 0 Å². The number of amides is 2.